The lowest BCUT2D eigenvalue weighted by molar-refractivity contribution is -0.144. The van der Waals surface area contributed by atoms with Gasteiger partial charge in [0.15, 0.2) is 0 Å². The molecule has 1 heterocycles. The molecule has 2 atom stereocenters. The number of carboxylic acid groups (broad SMARTS) is 1. The molecule has 1 fully saturated rings. The van der Waals surface area contributed by atoms with Crippen molar-refractivity contribution >= 4 is 21.9 Å². The number of halogens is 2. The smallest absolute Gasteiger partial charge is 0.307 e. The summed E-state index contributed by atoms with van der Waals surface area (Å²) in [5.74, 6) is -1.30. The Labute approximate surface area is 120 Å². The molecule has 0 aromatic heterocycles. The van der Waals surface area contributed by atoms with Gasteiger partial charge < -0.3 is 5.11 Å². The van der Waals surface area contributed by atoms with Crippen molar-refractivity contribution in [3.05, 3.63) is 34.1 Å². The van der Waals surface area contributed by atoms with Crippen molar-refractivity contribution in [2.75, 3.05) is 6.54 Å². The molecule has 1 aliphatic heterocycles. The standard InChI is InChI=1S/C14H17BrFNO2/c1-9-2-3-11(14(18)19)8-17(9)7-10-4-5-12(16)6-13(10)15/h4-6,9,11H,2-3,7-8H2,1H3,(H,18,19). The van der Waals surface area contributed by atoms with Crippen LogP contribution in [0.15, 0.2) is 22.7 Å². The molecule has 1 N–H and O–H groups in total. The molecule has 1 saturated heterocycles. The monoisotopic (exact) mass is 329 g/mol. The lowest BCUT2D eigenvalue weighted by atomic mass is 9.93. The van der Waals surface area contributed by atoms with Crippen molar-refractivity contribution in [3.8, 4) is 0 Å². The minimum absolute atomic E-state index is 0.272. The normalized spacial score (nSPS) is 24.4. The summed E-state index contributed by atoms with van der Waals surface area (Å²) >= 11 is 3.35. The van der Waals surface area contributed by atoms with E-state index in [-0.39, 0.29) is 11.7 Å². The molecular weight excluding hydrogens is 313 g/mol. The molecule has 0 radical (unpaired) electrons. The SMILES string of the molecule is CC1CCC(C(=O)O)CN1Cc1ccc(F)cc1Br. The minimum atomic E-state index is -0.727. The number of carbonyl (C=O) groups is 1. The maximum atomic E-state index is 13.0. The van der Waals surface area contributed by atoms with E-state index in [2.05, 4.69) is 27.8 Å². The van der Waals surface area contributed by atoms with Crippen molar-refractivity contribution in [2.24, 2.45) is 5.92 Å². The van der Waals surface area contributed by atoms with Crippen LogP contribution in [-0.4, -0.2) is 28.6 Å². The molecule has 19 heavy (non-hydrogen) atoms. The van der Waals surface area contributed by atoms with Crippen LogP contribution in [0.4, 0.5) is 4.39 Å². The molecule has 2 unspecified atom stereocenters. The van der Waals surface area contributed by atoms with E-state index >= 15 is 0 Å². The average molecular weight is 330 g/mol. The highest BCUT2D eigenvalue weighted by atomic mass is 79.9. The van der Waals surface area contributed by atoms with Crippen molar-refractivity contribution in [1.29, 1.82) is 0 Å². The van der Waals surface area contributed by atoms with Gasteiger partial charge in [-0.2, -0.15) is 0 Å². The third-order valence-corrected chi connectivity index (χ3v) is 4.49. The first kappa shape index (κ1) is 14.5. The molecule has 2 rings (SSSR count). The number of carboxylic acids is 1. The maximum Gasteiger partial charge on any atom is 0.307 e. The number of aliphatic carboxylic acids is 1. The van der Waals surface area contributed by atoms with Gasteiger partial charge in [0.1, 0.15) is 5.82 Å². The summed E-state index contributed by atoms with van der Waals surface area (Å²) < 4.78 is 13.8. The first-order chi connectivity index (χ1) is 8.97. The Balaban J connectivity index is 2.09. The summed E-state index contributed by atoms with van der Waals surface area (Å²) in [6, 6.07) is 4.98. The number of likely N-dealkylation sites (tertiary alicyclic amines) is 1. The second-order valence-electron chi connectivity index (χ2n) is 5.13. The highest BCUT2D eigenvalue weighted by Crippen LogP contribution is 2.26. The average Bonchev–Trinajstić information content (AvgIpc) is 2.34. The van der Waals surface area contributed by atoms with E-state index in [4.69, 9.17) is 5.11 Å². The van der Waals surface area contributed by atoms with Crippen molar-refractivity contribution < 1.29 is 14.3 Å². The van der Waals surface area contributed by atoms with Crippen molar-refractivity contribution in [1.82, 2.24) is 4.90 Å². The largest absolute Gasteiger partial charge is 0.481 e. The molecule has 0 amide bonds. The lowest BCUT2D eigenvalue weighted by Gasteiger charge is -2.36. The number of rotatable bonds is 3. The second kappa shape index (κ2) is 6.01. The molecule has 104 valence electrons. The van der Waals surface area contributed by atoms with Gasteiger partial charge in [-0.15, -0.1) is 0 Å². The summed E-state index contributed by atoms with van der Waals surface area (Å²) in [6.45, 7) is 3.31. The fourth-order valence-electron chi connectivity index (χ4n) is 2.47. The molecule has 3 nitrogen and oxygen atoms in total. The van der Waals surface area contributed by atoms with Crippen LogP contribution in [-0.2, 0) is 11.3 Å². The van der Waals surface area contributed by atoms with Crippen molar-refractivity contribution in [3.63, 3.8) is 0 Å². The predicted molar refractivity (Wildman–Crippen MR) is 74.3 cm³/mol. The van der Waals surface area contributed by atoms with Gasteiger partial charge >= 0.3 is 5.97 Å². The van der Waals surface area contributed by atoms with Crippen LogP contribution < -0.4 is 0 Å². The Hall–Kier alpha value is -0.940. The number of hydrogen-bond donors (Lipinski definition) is 1. The molecule has 5 heteroatoms. The van der Waals surface area contributed by atoms with Gasteiger partial charge in [0.05, 0.1) is 5.92 Å². The van der Waals surface area contributed by atoms with Gasteiger partial charge in [0.25, 0.3) is 0 Å². The van der Waals surface area contributed by atoms with Crippen LogP contribution in [0.3, 0.4) is 0 Å². The zero-order chi connectivity index (χ0) is 14.0. The molecule has 1 aromatic rings. The van der Waals surface area contributed by atoms with Gasteiger partial charge in [0, 0.05) is 23.6 Å². The molecule has 0 saturated carbocycles. The first-order valence-electron chi connectivity index (χ1n) is 6.38. The fraction of sp³-hybridized carbons (Fsp3) is 0.500. The van der Waals surface area contributed by atoms with E-state index in [1.165, 1.54) is 12.1 Å². The number of hydrogen-bond acceptors (Lipinski definition) is 2. The summed E-state index contributed by atoms with van der Waals surface area (Å²) in [6.07, 6.45) is 1.62. The molecule has 0 bridgehead atoms. The fourth-order valence-corrected chi connectivity index (χ4v) is 2.95. The summed E-state index contributed by atoms with van der Waals surface area (Å²) in [5.41, 5.74) is 0.985. The molecule has 1 aromatic carbocycles. The van der Waals surface area contributed by atoms with Crippen LogP contribution in [0.5, 0.6) is 0 Å². The predicted octanol–water partition coefficient (Wildman–Crippen LogP) is 3.27. The Morgan fingerprint density at radius 2 is 2.26 bits per heavy atom. The van der Waals surface area contributed by atoms with Gasteiger partial charge in [-0.3, -0.25) is 9.69 Å². The van der Waals surface area contributed by atoms with Crippen LogP contribution in [0.25, 0.3) is 0 Å². The highest BCUT2D eigenvalue weighted by molar-refractivity contribution is 9.10. The number of nitrogens with zero attached hydrogens (tertiary/aromatic N) is 1. The Morgan fingerprint density at radius 1 is 1.53 bits per heavy atom. The molecule has 0 spiro atoms. The van der Waals surface area contributed by atoms with Gasteiger partial charge in [-0.05, 0) is 37.5 Å². The first-order valence-corrected chi connectivity index (χ1v) is 7.17. The third kappa shape index (κ3) is 3.54. The Morgan fingerprint density at radius 3 is 2.89 bits per heavy atom. The van der Waals surface area contributed by atoms with E-state index in [0.29, 0.717) is 19.1 Å². The van der Waals surface area contributed by atoms with Crippen LogP contribution in [0.1, 0.15) is 25.3 Å². The van der Waals surface area contributed by atoms with Crippen molar-refractivity contribution in [2.45, 2.75) is 32.4 Å². The third-order valence-electron chi connectivity index (χ3n) is 3.75. The van der Waals surface area contributed by atoms with E-state index in [1.54, 1.807) is 6.07 Å². The molecule has 0 aliphatic carbocycles. The van der Waals surface area contributed by atoms with Crippen LogP contribution in [0.2, 0.25) is 0 Å². The van der Waals surface area contributed by atoms with E-state index in [0.717, 1.165) is 22.9 Å². The van der Waals surface area contributed by atoms with Crippen LogP contribution >= 0.6 is 15.9 Å². The minimum Gasteiger partial charge on any atom is -0.481 e. The van der Waals surface area contributed by atoms with E-state index in [9.17, 15) is 9.18 Å². The van der Waals surface area contributed by atoms with Gasteiger partial charge in [0.2, 0.25) is 0 Å². The van der Waals surface area contributed by atoms with Gasteiger partial charge in [-0.25, -0.2) is 4.39 Å². The maximum absolute atomic E-state index is 13.0. The van der Waals surface area contributed by atoms with Gasteiger partial charge in [-0.1, -0.05) is 22.0 Å². The lowest BCUT2D eigenvalue weighted by Crippen LogP contribution is -2.43. The zero-order valence-electron chi connectivity index (χ0n) is 10.8. The highest BCUT2D eigenvalue weighted by Gasteiger charge is 2.29. The molecule has 1 aliphatic rings. The topological polar surface area (TPSA) is 40.5 Å². The van der Waals surface area contributed by atoms with Crippen LogP contribution in [0, 0.1) is 11.7 Å². The number of benzene rings is 1. The van der Waals surface area contributed by atoms with E-state index < -0.39 is 5.97 Å². The summed E-state index contributed by atoms with van der Waals surface area (Å²) in [7, 11) is 0. The summed E-state index contributed by atoms with van der Waals surface area (Å²) in [4.78, 5) is 13.2. The zero-order valence-corrected chi connectivity index (χ0v) is 12.4. The second-order valence-corrected chi connectivity index (χ2v) is 5.98. The quantitative estimate of drug-likeness (QED) is 0.925. The Kier molecular flexibility index (Phi) is 4.58. The summed E-state index contributed by atoms with van der Waals surface area (Å²) in [5, 5.41) is 9.11. The van der Waals surface area contributed by atoms with E-state index in [1.807, 2.05) is 0 Å². The molecular formula is C14H17BrFNO2. The Bertz CT molecular complexity index is 481. The number of piperidine rings is 1.